The fraction of sp³-hybridized carbons (Fsp3) is 0.421. The zero-order chi connectivity index (χ0) is 20.3. The number of nitrogens with two attached hydrogens (primary N) is 1. The molecular weight excluding hydrogens is 398 g/mol. The van der Waals surface area contributed by atoms with Gasteiger partial charge in [-0.15, -0.1) is 22.7 Å². The van der Waals surface area contributed by atoms with Crippen LogP contribution in [-0.4, -0.2) is 37.5 Å². The number of quaternary nitrogens is 1. The Morgan fingerprint density at radius 1 is 1.39 bits per heavy atom. The van der Waals surface area contributed by atoms with Gasteiger partial charge in [0.1, 0.15) is 11.0 Å². The summed E-state index contributed by atoms with van der Waals surface area (Å²) in [4.78, 5) is 39.5. The van der Waals surface area contributed by atoms with E-state index in [2.05, 4.69) is 16.8 Å². The second-order valence-corrected chi connectivity index (χ2v) is 8.69. The second kappa shape index (κ2) is 8.85. The number of carbonyl (C=O) groups excluding carboxylic acids is 3. The van der Waals surface area contributed by atoms with Crippen LogP contribution >= 0.6 is 22.7 Å². The fourth-order valence-electron chi connectivity index (χ4n) is 3.62. The van der Waals surface area contributed by atoms with E-state index < -0.39 is 11.9 Å². The zero-order valence-corrected chi connectivity index (χ0v) is 17.5. The van der Waals surface area contributed by atoms with E-state index in [1.165, 1.54) is 9.78 Å². The van der Waals surface area contributed by atoms with E-state index >= 15 is 0 Å². The smallest absolute Gasteiger partial charge is 0.341 e. The molecule has 1 saturated heterocycles. The number of ether oxygens (including phenoxy) is 1. The quantitative estimate of drug-likeness (QED) is 0.592. The number of hydrogen-bond acceptors (Lipinski definition) is 6. The molecule has 1 unspecified atom stereocenters. The summed E-state index contributed by atoms with van der Waals surface area (Å²) in [6.45, 7) is 4.77. The predicted octanol–water partition coefficient (Wildman–Crippen LogP) is 1.75. The van der Waals surface area contributed by atoms with Crippen molar-refractivity contribution in [2.45, 2.75) is 32.7 Å². The van der Waals surface area contributed by atoms with E-state index in [1.807, 2.05) is 6.07 Å². The van der Waals surface area contributed by atoms with Crippen LogP contribution in [0, 0.1) is 6.92 Å². The average molecular weight is 423 g/mol. The molecule has 0 aliphatic carbocycles. The Kier molecular flexibility index (Phi) is 6.48. The van der Waals surface area contributed by atoms with Crippen LogP contribution in [0.15, 0.2) is 17.5 Å². The van der Waals surface area contributed by atoms with Crippen LogP contribution in [0.1, 0.15) is 56.3 Å². The first-order valence-corrected chi connectivity index (χ1v) is 10.9. The van der Waals surface area contributed by atoms with Gasteiger partial charge in [0.15, 0.2) is 6.54 Å². The minimum atomic E-state index is -0.628. The highest BCUT2D eigenvalue weighted by Crippen LogP contribution is 2.33. The van der Waals surface area contributed by atoms with Crippen molar-refractivity contribution in [1.82, 2.24) is 0 Å². The molecule has 0 aromatic carbocycles. The third-order valence-corrected chi connectivity index (χ3v) is 7.07. The van der Waals surface area contributed by atoms with E-state index in [9.17, 15) is 14.4 Å². The Balaban J connectivity index is 1.77. The van der Waals surface area contributed by atoms with Crippen LogP contribution in [0.2, 0.25) is 0 Å². The first-order chi connectivity index (χ1) is 13.4. The molecular formula is C19H24N3O4S2+. The lowest BCUT2D eigenvalue weighted by atomic mass is 10.1. The summed E-state index contributed by atoms with van der Waals surface area (Å²) in [5.74, 6) is -1.39. The van der Waals surface area contributed by atoms with Crippen LogP contribution in [0.5, 0.6) is 0 Å². The Hall–Kier alpha value is -2.23. The van der Waals surface area contributed by atoms with Crippen molar-refractivity contribution in [2.24, 2.45) is 5.73 Å². The number of thiophene rings is 2. The van der Waals surface area contributed by atoms with Gasteiger partial charge in [-0.1, -0.05) is 6.07 Å². The normalized spacial score (nSPS) is 18.8. The van der Waals surface area contributed by atoms with Gasteiger partial charge >= 0.3 is 5.97 Å². The largest absolute Gasteiger partial charge is 0.462 e. The molecule has 0 radical (unpaired) electrons. The Bertz CT molecular complexity index is 876. The highest BCUT2D eigenvalue weighted by atomic mass is 32.1. The van der Waals surface area contributed by atoms with Crippen LogP contribution in [0.4, 0.5) is 5.00 Å². The minimum absolute atomic E-state index is 0.193. The molecule has 28 heavy (non-hydrogen) atoms. The van der Waals surface area contributed by atoms with Crippen molar-refractivity contribution >= 4 is 45.5 Å². The topological polar surface area (TPSA) is 103 Å². The summed E-state index contributed by atoms with van der Waals surface area (Å²) < 4.78 is 5.08. The molecule has 0 bridgehead atoms. The molecule has 4 N–H and O–H groups in total. The Labute approximate surface area is 171 Å². The molecule has 2 atom stereocenters. The van der Waals surface area contributed by atoms with Gasteiger partial charge in [0.25, 0.3) is 11.8 Å². The van der Waals surface area contributed by atoms with Crippen LogP contribution in [0.3, 0.4) is 0 Å². The maximum atomic E-state index is 12.7. The van der Waals surface area contributed by atoms with Crippen molar-refractivity contribution in [3.63, 3.8) is 0 Å². The highest BCUT2D eigenvalue weighted by molar-refractivity contribution is 7.18. The van der Waals surface area contributed by atoms with Gasteiger partial charge in [0, 0.05) is 12.8 Å². The highest BCUT2D eigenvalue weighted by Gasteiger charge is 2.33. The van der Waals surface area contributed by atoms with Crippen molar-refractivity contribution in [3.8, 4) is 0 Å². The molecule has 3 heterocycles. The number of hydrogen-bond donors (Lipinski definition) is 3. The number of nitrogens with one attached hydrogen (secondary N) is 2. The summed E-state index contributed by atoms with van der Waals surface area (Å²) in [6, 6.07) is 4.46. The van der Waals surface area contributed by atoms with Crippen molar-refractivity contribution in [2.75, 3.05) is 25.0 Å². The van der Waals surface area contributed by atoms with E-state index in [0.29, 0.717) is 23.2 Å². The fourth-order valence-corrected chi connectivity index (χ4v) is 5.60. The molecule has 0 saturated carbocycles. The Morgan fingerprint density at radius 3 is 2.82 bits per heavy atom. The number of primary amides is 1. The standard InChI is InChI=1S/C19H23N3O4S2/c1-3-26-19(25)15-11(2)16(17(20)24)28-18(15)21-14(23)10-22-8-4-6-12(22)13-7-5-9-27-13/h5,7,9,12H,3-4,6,8,10H2,1-2H3,(H2,20,24)(H,21,23)/p+1/t12-/m0/s1. The zero-order valence-electron chi connectivity index (χ0n) is 15.9. The van der Waals surface area contributed by atoms with Gasteiger partial charge in [0.2, 0.25) is 0 Å². The summed E-state index contributed by atoms with van der Waals surface area (Å²) in [7, 11) is 0. The molecule has 1 fully saturated rings. The molecule has 3 rings (SSSR count). The number of carbonyl (C=O) groups is 3. The van der Waals surface area contributed by atoms with Gasteiger partial charge in [-0.2, -0.15) is 0 Å². The van der Waals surface area contributed by atoms with E-state index in [4.69, 9.17) is 10.5 Å². The lowest BCUT2D eigenvalue weighted by molar-refractivity contribution is -0.910. The summed E-state index contributed by atoms with van der Waals surface area (Å²) >= 11 is 2.73. The van der Waals surface area contributed by atoms with E-state index in [-0.39, 0.29) is 23.0 Å². The SMILES string of the molecule is CCOC(=O)c1c(NC(=O)C[NH+]2CCC[C@H]2c2cccs2)sc(C(N)=O)c1C. The molecule has 0 spiro atoms. The average Bonchev–Trinajstić information content (AvgIpc) is 3.35. The molecule has 2 amide bonds. The Morgan fingerprint density at radius 2 is 2.18 bits per heavy atom. The summed E-state index contributed by atoms with van der Waals surface area (Å²) in [5, 5.41) is 5.18. The number of likely N-dealkylation sites (tertiary alicyclic amines) is 1. The number of amides is 2. The maximum absolute atomic E-state index is 12.7. The van der Waals surface area contributed by atoms with E-state index in [0.717, 1.165) is 30.7 Å². The van der Waals surface area contributed by atoms with Crippen LogP contribution < -0.4 is 16.0 Å². The van der Waals surface area contributed by atoms with Gasteiger partial charge in [-0.3, -0.25) is 9.59 Å². The van der Waals surface area contributed by atoms with Gasteiger partial charge in [0.05, 0.1) is 28.5 Å². The monoisotopic (exact) mass is 422 g/mol. The lowest BCUT2D eigenvalue weighted by Gasteiger charge is -2.20. The van der Waals surface area contributed by atoms with Crippen molar-refractivity contribution < 1.29 is 24.0 Å². The first kappa shape index (κ1) is 20.5. The van der Waals surface area contributed by atoms with Crippen molar-refractivity contribution in [3.05, 3.63) is 38.4 Å². The third kappa shape index (κ3) is 4.26. The predicted molar refractivity (Wildman–Crippen MR) is 109 cm³/mol. The van der Waals surface area contributed by atoms with E-state index in [1.54, 1.807) is 25.2 Å². The second-order valence-electron chi connectivity index (χ2n) is 6.69. The minimum Gasteiger partial charge on any atom is -0.462 e. The molecule has 7 nitrogen and oxygen atoms in total. The molecule has 9 heteroatoms. The maximum Gasteiger partial charge on any atom is 0.341 e. The number of anilines is 1. The van der Waals surface area contributed by atoms with Gasteiger partial charge < -0.3 is 20.7 Å². The van der Waals surface area contributed by atoms with Crippen LogP contribution in [-0.2, 0) is 9.53 Å². The molecule has 1 aliphatic heterocycles. The van der Waals surface area contributed by atoms with Crippen molar-refractivity contribution in [1.29, 1.82) is 0 Å². The number of rotatable bonds is 7. The third-order valence-electron chi connectivity index (χ3n) is 4.86. The van der Waals surface area contributed by atoms with Gasteiger partial charge in [-0.05, 0) is 30.9 Å². The molecule has 150 valence electrons. The molecule has 1 aliphatic rings. The summed E-state index contributed by atoms with van der Waals surface area (Å²) in [6.07, 6.45) is 2.13. The molecule has 2 aromatic rings. The first-order valence-electron chi connectivity index (χ1n) is 9.20. The van der Waals surface area contributed by atoms with Gasteiger partial charge in [-0.25, -0.2) is 4.79 Å². The summed E-state index contributed by atoms with van der Waals surface area (Å²) in [5.41, 5.74) is 6.06. The lowest BCUT2D eigenvalue weighted by Crippen LogP contribution is -3.11. The molecule has 2 aromatic heterocycles. The van der Waals surface area contributed by atoms with Crippen LogP contribution in [0.25, 0.3) is 0 Å². The number of esters is 1.